The van der Waals surface area contributed by atoms with Crippen molar-refractivity contribution < 1.29 is 50.6 Å². The summed E-state index contributed by atoms with van der Waals surface area (Å²) in [5.74, 6) is -0.751. The fourth-order valence-electron chi connectivity index (χ4n) is 4.87. The van der Waals surface area contributed by atoms with E-state index >= 15 is 0 Å². The van der Waals surface area contributed by atoms with Gasteiger partial charge in [0, 0.05) is 36.6 Å². The highest BCUT2D eigenvalue weighted by Gasteiger charge is 2.35. The van der Waals surface area contributed by atoms with E-state index in [1.807, 2.05) is 0 Å². The smallest absolute Gasteiger partial charge is 0.416 e. The van der Waals surface area contributed by atoms with Gasteiger partial charge in [-0.25, -0.2) is 9.59 Å². The summed E-state index contributed by atoms with van der Waals surface area (Å²) in [7, 11) is 1.47. The van der Waals surface area contributed by atoms with Crippen molar-refractivity contribution in [3.8, 4) is 5.75 Å². The lowest BCUT2D eigenvalue weighted by Gasteiger charge is -2.38. The van der Waals surface area contributed by atoms with E-state index in [9.17, 15) is 45.8 Å². The van der Waals surface area contributed by atoms with Gasteiger partial charge in [0.1, 0.15) is 11.9 Å². The molecule has 48 heavy (non-hydrogen) atoms. The molecule has 1 aliphatic rings. The Kier molecular flexibility index (Phi) is 10.8. The largest absolute Gasteiger partial charge is 0.487 e. The number of benzene rings is 3. The number of ether oxygens (including phenoxy) is 1. The lowest BCUT2D eigenvalue weighted by molar-refractivity contribution is -0.138. The molecule has 258 valence electrons. The average Bonchev–Trinajstić information content (AvgIpc) is 3.02. The van der Waals surface area contributed by atoms with Crippen molar-refractivity contribution in [2.75, 3.05) is 42.7 Å². The molecule has 1 aliphatic heterocycles. The highest BCUT2D eigenvalue weighted by atomic mass is 19.4. The molecule has 0 aliphatic carbocycles. The number of aliphatic hydroxyl groups is 1. The molecule has 0 unspecified atom stereocenters. The highest BCUT2D eigenvalue weighted by Crippen LogP contribution is 2.33. The first-order valence-electron chi connectivity index (χ1n) is 14.6. The number of anilines is 3. The van der Waals surface area contributed by atoms with Crippen molar-refractivity contribution in [1.82, 2.24) is 9.80 Å². The van der Waals surface area contributed by atoms with E-state index < -0.39 is 53.6 Å². The van der Waals surface area contributed by atoms with E-state index in [2.05, 4.69) is 16.0 Å². The molecule has 0 fully saturated rings. The van der Waals surface area contributed by atoms with Crippen molar-refractivity contribution >= 4 is 35.0 Å². The summed E-state index contributed by atoms with van der Waals surface area (Å²) >= 11 is 0. The highest BCUT2D eigenvalue weighted by molar-refractivity contribution is 6.02. The summed E-state index contributed by atoms with van der Waals surface area (Å²) in [6, 6.07) is 10.0. The fraction of sp³-hybridized carbons (Fsp3) is 0.344. The molecule has 0 aromatic heterocycles. The van der Waals surface area contributed by atoms with Crippen LogP contribution in [0.3, 0.4) is 0 Å². The summed E-state index contributed by atoms with van der Waals surface area (Å²) < 4.78 is 83.5. The first-order valence-corrected chi connectivity index (χ1v) is 14.6. The van der Waals surface area contributed by atoms with Crippen LogP contribution in [0.2, 0.25) is 0 Å². The van der Waals surface area contributed by atoms with Gasteiger partial charge in [-0.15, -0.1) is 0 Å². The molecule has 4 rings (SSSR count). The number of hydrogen-bond donors (Lipinski definition) is 4. The quantitative estimate of drug-likeness (QED) is 0.206. The molecule has 0 saturated heterocycles. The third-order valence-corrected chi connectivity index (χ3v) is 7.66. The minimum Gasteiger partial charge on any atom is -0.487 e. The Bertz CT molecular complexity index is 1620. The number of urea groups is 2. The average molecular weight is 682 g/mol. The predicted octanol–water partition coefficient (Wildman–Crippen LogP) is 6.75. The fourth-order valence-corrected chi connectivity index (χ4v) is 4.87. The summed E-state index contributed by atoms with van der Waals surface area (Å²) in [5, 5.41) is 17.4. The number of nitrogens with zero attached hydrogens (tertiary/aromatic N) is 2. The molecule has 16 heteroatoms. The van der Waals surface area contributed by atoms with Crippen LogP contribution in [0.1, 0.15) is 35.3 Å². The molecule has 3 aromatic carbocycles. The normalized spacial score (nSPS) is 17.3. The number of fused-ring (bicyclic) bond motifs is 1. The topological polar surface area (TPSA) is 123 Å². The van der Waals surface area contributed by atoms with Crippen molar-refractivity contribution in [2.24, 2.45) is 5.92 Å². The summed E-state index contributed by atoms with van der Waals surface area (Å²) in [6.07, 6.45) is -9.76. The number of amides is 5. The lowest BCUT2D eigenvalue weighted by atomic mass is 9.99. The first kappa shape index (κ1) is 35.9. The number of alkyl halides is 6. The molecule has 1 heterocycles. The second-order valence-electron chi connectivity index (χ2n) is 11.4. The zero-order valence-corrected chi connectivity index (χ0v) is 25.9. The van der Waals surface area contributed by atoms with E-state index in [0.717, 1.165) is 48.5 Å². The Morgan fingerprint density at radius 2 is 1.40 bits per heavy atom. The molecule has 3 aromatic rings. The Hall–Kier alpha value is -4.99. The molecule has 0 saturated carbocycles. The van der Waals surface area contributed by atoms with Crippen LogP contribution < -0.4 is 20.7 Å². The molecule has 10 nitrogen and oxygen atoms in total. The molecule has 0 radical (unpaired) electrons. The van der Waals surface area contributed by atoms with E-state index in [-0.39, 0.29) is 54.0 Å². The summed E-state index contributed by atoms with van der Waals surface area (Å²) in [6.45, 7) is 3.19. The maximum Gasteiger partial charge on any atom is 0.416 e. The molecule has 3 atom stereocenters. The lowest BCUT2D eigenvalue weighted by Crippen LogP contribution is -2.50. The van der Waals surface area contributed by atoms with Crippen LogP contribution in [-0.4, -0.2) is 71.8 Å². The monoisotopic (exact) mass is 681 g/mol. The first-order chi connectivity index (χ1) is 22.5. The van der Waals surface area contributed by atoms with Crippen molar-refractivity contribution in [2.45, 2.75) is 38.3 Å². The standard InChI is InChI=1S/C32H33F6N5O5/c1-18-15-43(19(2)17-44)28(45)25-14-24(40-29(46)39-22-8-4-20(5-9-22)31(33,34)35)12-13-26(25)48-27(18)16-42(3)30(47)41-23-10-6-21(7-11-23)32(36,37)38/h4-14,18-19,27,44H,15-17H2,1-3H3,(H,41,47)(H2,39,40,46)/t18-,19+,27-/m1/s1. The van der Waals surface area contributed by atoms with Crippen molar-refractivity contribution in [1.29, 1.82) is 0 Å². The van der Waals surface area contributed by atoms with Gasteiger partial charge in [-0.2, -0.15) is 26.3 Å². The van der Waals surface area contributed by atoms with Crippen LogP contribution in [0.15, 0.2) is 66.7 Å². The zero-order valence-electron chi connectivity index (χ0n) is 25.9. The maximum atomic E-state index is 13.7. The predicted molar refractivity (Wildman–Crippen MR) is 165 cm³/mol. The van der Waals surface area contributed by atoms with Crippen molar-refractivity contribution in [3.63, 3.8) is 0 Å². The van der Waals surface area contributed by atoms with Gasteiger partial charge in [-0.1, -0.05) is 6.92 Å². The number of rotatable bonds is 7. The van der Waals surface area contributed by atoms with Crippen LogP contribution in [0, 0.1) is 5.92 Å². The number of nitrogens with one attached hydrogen (secondary N) is 3. The SMILES string of the molecule is C[C@@H]1CN([C@@H](C)CO)C(=O)c2cc(NC(=O)Nc3ccc(C(F)(F)F)cc3)ccc2O[C@@H]1CN(C)C(=O)Nc1ccc(C(F)(F)F)cc1. The zero-order chi connectivity index (χ0) is 35.4. The number of carbonyl (C=O) groups excluding carboxylic acids is 3. The molecular formula is C32H33F6N5O5. The molecule has 0 spiro atoms. The van der Waals surface area contributed by atoms with Crippen LogP contribution in [0.4, 0.5) is 53.0 Å². The maximum absolute atomic E-state index is 13.7. The van der Waals surface area contributed by atoms with Crippen LogP contribution in [-0.2, 0) is 12.4 Å². The third kappa shape index (κ3) is 8.87. The summed E-state index contributed by atoms with van der Waals surface area (Å²) in [5.41, 5.74) is -1.31. The van der Waals surface area contributed by atoms with Gasteiger partial charge >= 0.3 is 24.4 Å². The van der Waals surface area contributed by atoms with Crippen molar-refractivity contribution in [3.05, 3.63) is 83.4 Å². The van der Waals surface area contributed by atoms with Gasteiger partial charge in [0.05, 0.1) is 35.9 Å². The number of hydrogen-bond acceptors (Lipinski definition) is 5. The van der Waals surface area contributed by atoms with Gasteiger partial charge in [0.2, 0.25) is 0 Å². The van der Waals surface area contributed by atoms with Crippen LogP contribution in [0.25, 0.3) is 0 Å². The second-order valence-corrected chi connectivity index (χ2v) is 11.4. The number of aliphatic hydroxyl groups excluding tert-OH is 1. The van der Waals surface area contributed by atoms with E-state index in [1.165, 1.54) is 35.0 Å². The molecule has 4 N–H and O–H groups in total. The number of halogens is 6. The Morgan fingerprint density at radius 1 is 0.896 bits per heavy atom. The van der Waals surface area contributed by atoms with Gasteiger partial charge in [0.25, 0.3) is 5.91 Å². The molecule has 5 amide bonds. The Balaban J connectivity index is 1.51. The Morgan fingerprint density at radius 3 is 1.92 bits per heavy atom. The second kappa shape index (κ2) is 14.4. The van der Waals surface area contributed by atoms with Crippen LogP contribution >= 0.6 is 0 Å². The number of carbonyl (C=O) groups is 3. The number of likely N-dealkylation sites (N-methyl/N-ethyl adjacent to an activating group) is 1. The van der Waals surface area contributed by atoms with Gasteiger partial charge in [-0.05, 0) is 73.7 Å². The molecular weight excluding hydrogens is 648 g/mol. The van der Waals surface area contributed by atoms with E-state index in [1.54, 1.807) is 13.8 Å². The third-order valence-electron chi connectivity index (χ3n) is 7.66. The molecule has 0 bridgehead atoms. The van der Waals surface area contributed by atoms with Gasteiger partial charge in [-0.3, -0.25) is 4.79 Å². The van der Waals surface area contributed by atoms with Gasteiger partial charge in [0.15, 0.2) is 0 Å². The Labute approximate surface area is 271 Å². The van der Waals surface area contributed by atoms with E-state index in [0.29, 0.717) is 0 Å². The van der Waals surface area contributed by atoms with Gasteiger partial charge < -0.3 is 35.6 Å². The minimum absolute atomic E-state index is 0.00184. The summed E-state index contributed by atoms with van der Waals surface area (Å²) in [4.78, 5) is 41.9. The van der Waals surface area contributed by atoms with Crippen LogP contribution in [0.5, 0.6) is 5.75 Å². The minimum atomic E-state index is -4.54. The van der Waals surface area contributed by atoms with E-state index in [4.69, 9.17) is 4.74 Å².